The van der Waals surface area contributed by atoms with Crippen molar-refractivity contribution >= 4 is 0 Å². The topological polar surface area (TPSA) is 9.23 Å². The van der Waals surface area contributed by atoms with E-state index in [0.29, 0.717) is 6.33 Å². The summed E-state index contributed by atoms with van der Waals surface area (Å²) in [5.41, 5.74) is 1.50. The lowest BCUT2D eigenvalue weighted by molar-refractivity contribution is 0.157. The van der Waals surface area contributed by atoms with Crippen LogP contribution in [0.25, 0.3) is 0 Å². The molecule has 2 fully saturated rings. The Balaban J connectivity index is 1.41. The Labute approximate surface area is 159 Å². The lowest BCUT2D eigenvalue weighted by Gasteiger charge is -2.38. The first-order valence-electron chi connectivity index (χ1n) is 10.8. The van der Waals surface area contributed by atoms with Gasteiger partial charge >= 0.3 is 0 Å². The molecule has 2 aliphatic rings. The maximum absolute atomic E-state index is 12.1. The fourth-order valence-corrected chi connectivity index (χ4v) is 5.27. The minimum Gasteiger partial charge on any atom is -0.494 e. The Bertz CT molecular complexity index is 534. The Morgan fingerprint density at radius 2 is 1.54 bits per heavy atom. The Hall–Kier alpha value is -1.31. The van der Waals surface area contributed by atoms with Gasteiger partial charge in [0.1, 0.15) is 5.75 Å². The molecule has 0 amide bonds. The number of allylic oxidation sites excluding steroid dienone is 1. The highest BCUT2D eigenvalue weighted by atomic mass is 19.1. The molecule has 0 aromatic heterocycles. The van der Waals surface area contributed by atoms with E-state index in [1.54, 1.807) is 6.08 Å². The van der Waals surface area contributed by atoms with E-state index in [0.717, 1.165) is 42.4 Å². The van der Waals surface area contributed by atoms with E-state index in [1.165, 1.54) is 63.4 Å². The molecule has 0 heterocycles. The van der Waals surface area contributed by atoms with Crippen LogP contribution in [0.1, 0.15) is 82.6 Å². The van der Waals surface area contributed by atoms with Gasteiger partial charge in [-0.2, -0.15) is 0 Å². The standard InChI is InChI=1S/C24H35FO/c1-2-26-24-16-14-23(15-17-24)22-12-10-21(11-13-22)20-8-6-19(7-9-20)5-3-4-18-25/h4,14-22H,2-3,5-13H2,1H3/b18-4+/t19-,20-,21-,22-. The summed E-state index contributed by atoms with van der Waals surface area (Å²) in [6, 6.07) is 8.80. The summed E-state index contributed by atoms with van der Waals surface area (Å²) in [5.74, 6) is 4.46. The van der Waals surface area contributed by atoms with Crippen LogP contribution in [-0.4, -0.2) is 6.61 Å². The molecule has 2 heteroatoms. The highest BCUT2D eigenvalue weighted by molar-refractivity contribution is 5.29. The molecule has 1 aromatic rings. The molecular formula is C24H35FO. The minimum atomic E-state index is 0.703. The van der Waals surface area contributed by atoms with E-state index in [2.05, 4.69) is 24.3 Å². The zero-order valence-electron chi connectivity index (χ0n) is 16.3. The van der Waals surface area contributed by atoms with Gasteiger partial charge in [0.25, 0.3) is 0 Å². The van der Waals surface area contributed by atoms with Crippen molar-refractivity contribution in [1.29, 1.82) is 0 Å². The summed E-state index contributed by atoms with van der Waals surface area (Å²) in [4.78, 5) is 0. The van der Waals surface area contributed by atoms with E-state index >= 15 is 0 Å². The smallest absolute Gasteiger partial charge is 0.119 e. The molecule has 26 heavy (non-hydrogen) atoms. The highest BCUT2D eigenvalue weighted by Crippen LogP contribution is 2.44. The van der Waals surface area contributed by atoms with E-state index in [1.807, 2.05) is 6.92 Å². The Morgan fingerprint density at radius 1 is 0.923 bits per heavy atom. The Morgan fingerprint density at radius 3 is 2.12 bits per heavy atom. The first-order valence-corrected chi connectivity index (χ1v) is 10.8. The summed E-state index contributed by atoms with van der Waals surface area (Å²) < 4.78 is 17.6. The molecule has 3 rings (SSSR count). The van der Waals surface area contributed by atoms with E-state index in [-0.39, 0.29) is 0 Å². The quantitative estimate of drug-likeness (QED) is 0.492. The van der Waals surface area contributed by atoms with Gasteiger partial charge in [-0.05, 0) is 99.7 Å². The van der Waals surface area contributed by atoms with Crippen molar-refractivity contribution in [3.8, 4) is 5.75 Å². The molecule has 0 aliphatic heterocycles. The molecule has 0 spiro atoms. The third kappa shape index (κ3) is 5.34. The largest absolute Gasteiger partial charge is 0.494 e. The average molecular weight is 359 g/mol. The number of hydrogen-bond donors (Lipinski definition) is 0. The van der Waals surface area contributed by atoms with Crippen LogP contribution in [0, 0.1) is 17.8 Å². The van der Waals surface area contributed by atoms with Crippen molar-refractivity contribution in [3.63, 3.8) is 0 Å². The average Bonchev–Trinajstić information content (AvgIpc) is 2.70. The lowest BCUT2D eigenvalue weighted by atomic mass is 9.68. The van der Waals surface area contributed by atoms with Gasteiger partial charge in [0.05, 0.1) is 12.9 Å². The molecule has 0 atom stereocenters. The van der Waals surface area contributed by atoms with Crippen LogP contribution in [0.3, 0.4) is 0 Å². The zero-order chi connectivity index (χ0) is 18.2. The van der Waals surface area contributed by atoms with Crippen molar-refractivity contribution in [2.75, 3.05) is 6.61 Å². The van der Waals surface area contributed by atoms with E-state index < -0.39 is 0 Å². The van der Waals surface area contributed by atoms with Crippen molar-refractivity contribution in [2.24, 2.45) is 17.8 Å². The monoisotopic (exact) mass is 358 g/mol. The summed E-state index contributed by atoms with van der Waals surface area (Å²) in [6.45, 7) is 2.77. The fraction of sp³-hybridized carbons (Fsp3) is 0.667. The number of hydrogen-bond acceptors (Lipinski definition) is 1. The molecule has 2 saturated carbocycles. The maximum Gasteiger partial charge on any atom is 0.119 e. The van der Waals surface area contributed by atoms with E-state index in [9.17, 15) is 4.39 Å². The molecular weight excluding hydrogens is 323 g/mol. The van der Waals surface area contributed by atoms with Gasteiger partial charge in [-0.15, -0.1) is 0 Å². The summed E-state index contributed by atoms with van der Waals surface area (Å²) in [7, 11) is 0. The number of rotatable bonds is 7. The summed E-state index contributed by atoms with van der Waals surface area (Å²) in [5, 5.41) is 0. The van der Waals surface area contributed by atoms with Gasteiger partial charge in [0.15, 0.2) is 0 Å². The molecule has 0 unspecified atom stereocenters. The highest BCUT2D eigenvalue weighted by Gasteiger charge is 2.31. The molecule has 1 aromatic carbocycles. The fourth-order valence-electron chi connectivity index (χ4n) is 5.27. The Kier molecular flexibility index (Phi) is 7.58. The molecule has 0 radical (unpaired) electrons. The SMILES string of the molecule is CCOc1ccc([C@H]2CC[C@H]([C@H]3CC[C@H](CC/C=C/F)CC3)CC2)cc1. The zero-order valence-corrected chi connectivity index (χ0v) is 16.3. The third-order valence-electron chi connectivity index (χ3n) is 6.82. The van der Waals surface area contributed by atoms with Crippen LogP contribution in [0.5, 0.6) is 5.75 Å². The van der Waals surface area contributed by atoms with Gasteiger partial charge in [-0.3, -0.25) is 0 Å². The van der Waals surface area contributed by atoms with Crippen molar-refractivity contribution in [1.82, 2.24) is 0 Å². The van der Waals surface area contributed by atoms with Crippen LogP contribution in [0.2, 0.25) is 0 Å². The van der Waals surface area contributed by atoms with Crippen LogP contribution in [-0.2, 0) is 0 Å². The summed E-state index contributed by atoms with van der Waals surface area (Å²) >= 11 is 0. The molecule has 0 saturated heterocycles. The normalized spacial score (nSPS) is 29.8. The second kappa shape index (κ2) is 10.1. The number of halogens is 1. The second-order valence-corrected chi connectivity index (χ2v) is 8.33. The lowest BCUT2D eigenvalue weighted by Crippen LogP contribution is -2.25. The molecule has 0 N–H and O–H groups in total. The van der Waals surface area contributed by atoms with Crippen LogP contribution < -0.4 is 4.74 Å². The first-order chi connectivity index (χ1) is 12.8. The second-order valence-electron chi connectivity index (χ2n) is 8.33. The van der Waals surface area contributed by atoms with Crippen LogP contribution >= 0.6 is 0 Å². The summed E-state index contributed by atoms with van der Waals surface area (Å²) in [6.07, 6.45) is 15.5. The molecule has 2 aliphatic carbocycles. The van der Waals surface area contributed by atoms with Gasteiger partial charge in [-0.25, -0.2) is 4.39 Å². The van der Waals surface area contributed by atoms with Crippen molar-refractivity contribution in [3.05, 3.63) is 42.2 Å². The number of ether oxygens (including phenoxy) is 1. The maximum atomic E-state index is 12.1. The van der Waals surface area contributed by atoms with Crippen LogP contribution in [0.4, 0.5) is 4.39 Å². The third-order valence-corrected chi connectivity index (χ3v) is 6.82. The van der Waals surface area contributed by atoms with Gasteiger partial charge in [-0.1, -0.05) is 31.1 Å². The van der Waals surface area contributed by atoms with Crippen molar-refractivity contribution in [2.45, 2.75) is 77.0 Å². The van der Waals surface area contributed by atoms with Gasteiger partial charge in [0.2, 0.25) is 0 Å². The number of benzene rings is 1. The molecule has 0 bridgehead atoms. The van der Waals surface area contributed by atoms with Gasteiger partial charge in [0, 0.05) is 0 Å². The predicted octanol–water partition coefficient (Wildman–Crippen LogP) is 7.43. The molecule has 144 valence electrons. The first kappa shape index (κ1) is 19.5. The molecule has 1 nitrogen and oxygen atoms in total. The van der Waals surface area contributed by atoms with Gasteiger partial charge < -0.3 is 4.74 Å². The van der Waals surface area contributed by atoms with E-state index in [4.69, 9.17) is 4.74 Å². The minimum absolute atomic E-state index is 0.703. The predicted molar refractivity (Wildman–Crippen MR) is 107 cm³/mol. The van der Waals surface area contributed by atoms with Crippen molar-refractivity contribution < 1.29 is 9.13 Å². The van der Waals surface area contributed by atoms with Crippen LogP contribution in [0.15, 0.2) is 36.7 Å².